The van der Waals surface area contributed by atoms with Crippen molar-refractivity contribution in [3.05, 3.63) is 76.4 Å². The van der Waals surface area contributed by atoms with Crippen LogP contribution in [0.25, 0.3) is 6.08 Å². The summed E-state index contributed by atoms with van der Waals surface area (Å²) in [6.45, 7) is 4.02. The van der Waals surface area contributed by atoms with Gasteiger partial charge in [0.2, 0.25) is 0 Å². The minimum absolute atomic E-state index is 0.0162. The molecule has 0 aromatic heterocycles. The van der Waals surface area contributed by atoms with E-state index < -0.39 is 0 Å². The molecule has 0 atom stereocenters. The third-order valence-electron chi connectivity index (χ3n) is 3.26. The lowest BCUT2D eigenvalue weighted by atomic mass is 10.0. The Balaban J connectivity index is 2.15. The maximum absolute atomic E-state index is 12.1. The van der Waals surface area contributed by atoms with E-state index in [-0.39, 0.29) is 5.78 Å². The van der Waals surface area contributed by atoms with Crippen LogP contribution in [0, 0.1) is 25.2 Å². The Hall–Kier alpha value is -2.66. The van der Waals surface area contributed by atoms with Crippen molar-refractivity contribution in [2.75, 3.05) is 0 Å². The highest BCUT2D eigenvalue weighted by molar-refractivity contribution is 6.06. The Kier molecular flexibility index (Phi) is 4.12. The van der Waals surface area contributed by atoms with Crippen LogP contribution in [0.15, 0.2) is 48.5 Å². The molecule has 2 aromatic rings. The molecule has 2 heteroatoms. The minimum atomic E-state index is -0.0162. The van der Waals surface area contributed by atoms with Crippen LogP contribution in [0.4, 0.5) is 0 Å². The number of benzene rings is 2. The molecule has 0 N–H and O–H groups in total. The summed E-state index contributed by atoms with van der Waals surface area (Å²) in [7, 11) is 0. The highest BCUT2D eigenvalue weighted by Gasteiger charge is 2.03. The Morgan fingerprint density at radius 2 is 1.75 bits per heavy atom. The Bertz CT molecular complexity index is 703. The van der Waals surface area contributed by atoms with Crippen LogP contribution < -0.4 is 0 Å². The monoisotopic (exact) mass is 261 g/mol. The van der Waals surface area contributed by atoms with Crippen molar-refractivity contribution in [3.8, 4) is 6.07 Å². The molecule has 0 bridgehead atoms. The number of rotatable bonds is 3. The maximum atomic E-state index is 12.1. The lowest BCUT2D eigenvalue weighted by molar-refractivity contribution is 0.104. The number of nitrogens with zero attached hydrogens (tertiary/aromatic N) is 1. The summed E-state index contributed by atoms with van der Waals surface area (Å²) < 4.78 is 0. The normalized spacial score (nSPS) is 10.4. The van der Waals surface area contributed by atoms with Gasteiger partial charge in [-0.15, -0.1) is 0 Å². The third kappa shape index (κ3) is 3.21. The van der Waals surface area contributed by atoms with Gasteiger partial charge < -0.3 is 0 Å². The molecule has 2 aromatic carbocycles. The highest BCUT2D eigenvalue weighted by atomic mass is 16.1. The number of nitriles is 1. The zero-order valence-electron chi connectivity index (χ0n) is 11.6. The van der Waals surface area contributed by atoms with Gasteiger partial charge in [0.1, 0.15) is 0 Å². The first-order valence-corrected chi connectivity index (χ1v) is 6.40. The third-order valence-corrected chi connectivity index (χ3v) is 3.26. The molecular formula is C18H15NO. The van der Waals surface area contributed by atoms with Gasteiger partial charge in [0, 0.05) is 5.56 Å². The van der Waals surface area contributed by atoms with Gasteiger partial charge in [0.05, 0.1) is 11.6 Å². The average molecular weight is 261 g/mol. The average Bonchev–Trinajstić information content (AvgIpc) is 2.48. The van der Waals surface area contributed by atoms with Crippen molar-refractivity contribution in [3.63, 3.8) is 0 Å². The van der Waals surface area contributed by atoms with E-state index in [2.05, 4.69) is 6.07 Å². The van der Waals surface area contributed by atoms with Crippen LogP contribution in [0.5, 0.6) is 0 Å². The molecule has 20 heavy (non-hydrogen) atoms. The fraction of sp³-hybridized carbons (Fsp3) is 0.111. The first kappa shape index (κ1) is 13.8. The lowest BCUT2D eigenvalue weighted by Gasteiger charge is -2.01. The first-order valence-electron chi connectivity index (χ1n) is 6.40. The molecule has 98 valence electrons. The van der Waals surface area contributed by atoms with E-state index in [0.29, 0.717) is 11.1 Å². The van der Waals surface area contributed by atoms with Gasteiger partial charge in [-0.1, -0.05) is 30.3 Å². The zero-order chi connectivity index (χ0) is 14.5. The van der Waals surface area contributed by atoms with E-state index in [0.717, 1.165) is 11.1 Å². The van der Waals surface area contributed by atoms with E-state index in [9.17, 15) is 4.79 Å². The Morgan fingerprint density at radius 1 is 1.05 bits per heavy atom. The van der Waals surface area contributed by atoms with Crippen molar-refractivity contribution in [1.29, 1.82) is 5.26 Å². The second-order valence-electron chi connectivity index (χ2n) is 4.73. The SMILES string of the molecule is Cc1ccc(C(=O)/C=C/c2ccc(C#N)cc2)cc1C. The summed E-state index contributed by atoms with van der Waals surface area (Å²) >= 11 is 0. The Morgan fingerprint density at radius 3 is 2.35 bits per heavy atom. The summed E-state index contributed by atoms with van der Waals surface area (Å²) in [5.74, 6) is -0.0162. The molecule has 0 aliphatic heterocycles. The fourth-order valence-corrected chi connectivity index (χ4v) is 1.83. The number of aryl methyl sites for hydroxylation is 2. The molecule has 0 heterocycles. The van der Waals surface area contributed by atoms with Crippen LogP contribution in [0.1, 0.15) is 32.6 Å². The van der Waals surface area contributed by atoms with Gasteiger partial charge in [-0.25, -0.2) is 0 Å². The van der Waals surface area contributed by atoms with Gasteiger partial charge in [0.15, 0.2) is 5.78 Å². The van der Waals surface area contributed by atoms with Gasteiger partial charge in [0.25, 0.3) is 0 Å². The maximum Gasteiger partial charge on any atom is 0.185 e. The summed E-state index contributed by atoms with van der Waals surface area (Å²) in [5, 5.41) is 8.72. The molecule has 0 unspecified atom stereocenters. The van der Waals surface area contributed by atoms with Crippen LogP contribution in [-0.4, -0.2) is 5.78 Å². The second-order valence-corrected chi connectivity index (χ2v) is 4.73. The fourth-order valence-electron chi connectivity index (χ4n) is 1.83. The van der Waals surface area contributed by atoms with Crippen molar-refractivity contribution in [1.82, 2.24) is 0 Å². The molecule has 0 aliphatic rings. The van der Waals surface area contributed by atoms with E-state index in [1.807, 2.05) is 44.2 Å². The lowest BCUT2D eigenvalue weighted by Crippen LogP contribution is -1.95. The molecule has 0 radical (unpaired) electrons. The highest BCUT2D eigenvalue weighted by Crippen LogP contribution is 2.12. The van der Waals surface area contributed by atoms with Crippen molar-refractivity contribution < 1.29 is 4.79 Å². The van der Waals surface area contributed by atoms with E-state index in [4.69, 9.17) is 5.26 Å². The van der Waals surface area contributed by atoms with Gasteiger partial charge >= 0.3 is 0 Å². The molecule has 0 saturated heterocycles. The van der Waals surface area contributed by atoms with E-state index >= 15 is 0 Å². The molecule has 0 fully saturated rings. The smallest absolute Gasteiger partial charge is 0.185 e. The predicted octanol–water partition coefficient (Wildman–Crippen LogP) is 4.07. The molecule has 0 saturated carbocycles. The number of carbonyl (C=O) groups excluding carboxylic acids is 1. The number of carbonyl (C=O) groups is 1. The van der Waals surface area contributed by atoms with Crippen LogP contribution in [0.3, 0.4) is 0 Å². The Labute approximate surface area is 119 Å². The van der Waals surface area contributed by atoms with Crippen molar-refractivity contribution in [2.45, 2.75) is 13.8 Å². The molecule has 0 aliphatic carbocycles. The van der Waals surface area contributed by atoms with Gasteiger partial charge in [-0.05, 0) is 54.8 Å². The molecule has 0 spiro atoms. The summed E-state index contributed by atoms with van der Waals surface area (Å²) in [5.41, 5.74) is 4.50. The topological polar surface area (TPSA) is 40.9 Å². The first-order chi connectivity index (χ1) is 9.60. The van der Waals surface area contributed by atoms with Crippen LogP contribution in [-0.2, 0) is 0 Å². The number of hydrogen-bond donors (Lipinski definition) is 0. The number of hydrogen-bond acceptors (Lipinski definition) is 2. The zero-order valence-corrected chi connectivity index (χ0v) is 11.6. The predicted molar refractivity (Wildman–Crippen MR) is 80.4 cm³/mol. The summed E-state index contributed by atoms with van der Waals surface area (Å²) in [6.07, 6.45) is 3.32. The number of ketones is 1. The minimum Gasteiger partial charge on any atom is -0.289 e. The summed E-state index contributed by atoms with van der Waals surface area (Å²) in [4.78, 5) is 12.1. The second kappa shape index (κ2) is 5.99. The van der Waals surface area contributed by atoms with Crippen molar-refractivity contribution >= 4 is 11.9 Å². The summed E-state index contributed by atoms with van der Waals surface area (Å²) in [6, 6.07) is 14.9. The van der Waals surface area contributed by atoms with Crippen LogP contribution >= 0.6 is 0 Å². The molecule has 0 amide bonds. The quantitative estimate of drug-likeness (QED) is 0.617. The molecular weight excluding hydrogens is 246 g/mol. The van der Waals surface area contributed by atoms with E-state index in [1.165, 1.54) is 5.56 Å². The van der Waals surface area contributed by atoms with Crippen LogP contribution in [0.2, 0.25) is 0 Å². The van der Waals surface area contributed by atoms with Crippen molar-refractivity contribution in [2.24, 2.45) is 0 Å². The largest absolute Gasteiger partial charge is 0.289 e. The molecule has 2 rings (SSSR count). The van der Waals surface area contributed by atoms with Gasteiger partial charge in [-0.3, -0.25) is 4.79 Å². The molecule has 2 nitrogen and oxygen atoms in total. The standard InChI is InChI=1S/C18H15NO/c1-13-3-9-17(11-14(13)2)18(20)10-8-15-4-6-16(12-19)7-5-15/h3-11H,1-2H3/b10-8+. The van der Waals surface area contributed by atoms with Gasteiger partial charge in [-0.2, -0.15) is 5.26 Å². The number of allylic oxidation sites excluding steroid dienone is 1. The van der Waals surface area contributed by atoms with E-state index in [1.54, 1.807) is 24.3 Å².